The zero-order valence-corrected chi connectivity index (χ0v) is 8.22. The summed E-state index contributed by atoms with van der Waals surface area (Å²) in [6.07, 6.45) is 5.71. The van der Waals surface area contributed by atoms with E-state index in [0.717, 1.165) is 31.8 Å². The lowest BCUT2D eigenvalue weighted by atomic mass is 10.1. The van der Waals surface area contributed by atoms with Crippen LogP contribution in [0.15, 0.2) is 12.2 Å². The van der Waals surface area contributed by atoms with Gasteiger partial charge in [0.05, 0.1) is 6.10 Å². The van der Waals surface area contributed by atoms with Crippen LogP contribution in [0.3, 0.4) is 0 Å². The van der Waals surface area contributed by atoms with E-state index in [0.29, 0.717) is 6.42 Å². The fraction of sp³-hybridized carbons (Fsp3) is 0.700. The van der Waals surface area contributed by atoms with Gasteiger partial charge in [-0.25, -0.2) is 4.79 Å². The number of hydrogen-bond donors (Lipinski definition) is 3. The molecule has 1 atom stereocenters. The highest BCUT2D eigenvalue weighted by Gasteiger charge is 1.99. The van der Waals surface area contributed by atoms with Gasteiger partial charge in [-0.15, -0.1) is 0 Å². The Morgan fingerprint density at radius 3 is 2.43 bits per heavy atom. The van der Waals surface area contributed by atoms with Crippen LogP contribution in [0.25, 0.3) is 0 Å². The molecule has 4 nitrogen and oxygen atoms in total. The summed E-state index contributed by atoms with van der Waals surface area (Å²) < 4.78 is 0. The predicted octanol–water partition coefficient (Wildman–Crippen LogP) is 0.931. The molecule has 0 saturated heterocycles. The average molecular weight is 202 g/mol. The van der Waals surface area contributed by atoms with E-state index in [1.54, 1.807) is 0 Å². The van der Waals surface area contributed by atoms with Crippen molar-refractivity contribution in [3.8, 4) is 0 Å². The number of aliphatic carboxylic acids is 1. The Morgan fingerprint density at radius 1 is 1.21 bits per heavy atom. The van der Waals surface area contributed by atoms with Crippen molar-refractivity contribution in [2.75, 3.05) is 6.61 Å². The Kier molecular flexibility index (Phi) is 8.17. The molecule has 0 aliphatic heterocycles. The molecular formula is C10H18O4. The van der Waals surface area contributed by atoms with Crippen molar-refractivity contribution in [3.05, 3.63) is 12.2 Å². The van der Waals surface area contributed by atoms with Crippen molar-refractivity contribution in [3.63, 3.8) is 0 Å². The molecule has 0 fully saturated rings. The lowest BCUT2D eigenvalue weighted by Gasteiger charge is -2.04. The topological polar surface area (TPSA) is 77.8 Å². The van der Waals surface area contributed by atoms with Crippen molar-refractivity contribution in [2.45, 2.75) is 38.2 Å². The summed E-state index contributed by atoms with van der Waals surface area (Å²) in [5, 5.41) is 26.0. The smallest absolute Gasteiger partial charge is 0.328 e. The van der Waals surface area contributed by atoms with Gasteiger partial charge in [0.1, 0.15) is 0 Å². The maximum Gasteiger partial charge on any atom is 0.328 e. The third kappa shape index (κ3) is 9.22. The summed E-state index contributed by atoms with van der Waals surface area (Å²) in [6, 6.07) is 0. The minimum atomic E-state index is -1.04. The number of aliphatic hydroxyl groups excluding tert-OH is 2. The summed E-state index contributed by atoms with van der Waals surface area (Å²) in [5.41, 5.74) is 0. The van der Waals surface area contributed by atoms with Crippen LogP contribution in [0.4, 0.5) is 0 Å². The molecule has 0 saturated carbocycles. The molecule has 3 N–H and O–H groups in total. The fourth-order valence-corrected chi connectivity index (χ4v) is 1.11. The third-order valence-electron chi connectivity index (χ3n) is 1.87. The molecule has 1 unspecified atom stereocenters. The van der Waals surface area contributed by atoms with Gasteiger partial charge >= 0.3 is 5.97 Å². The molecule has 0 radical (unpaired) electrons. The van der Waals surface area contributed by atoms with Gasteiger partial charge in [-0.1, -0.05) is 19.3 Å². The maximum absolute atomic E-state index is 10.1. The first kappa shape index (κ1) is 13.1. The van der Waals surface area contributed by atoms with Crippen LogP contribution in [-0.2, 0) is 4.79 Å². The van der Waals surface area contributed by atoms with E-state index in [1.165, 1.54) is 6.08 Å². The summed E-state index contributed by atoms with van der Waals surface area (Å²) >= 11 is 0. The van der Waals surface area contributed by atoms with E-state index in [4.69, 9.17) is 10.2 Å². The third-order valence-corrected chi connectivity index (χ3v) is 1.87. The summed E-state index contributed by atoms with van der Waals surface area (Å²) in [7, 11) is 0. The molecule has 82 valence electrons. The van der Waals surface area contributed by atoms with Crippen molar-refractivity contribution in [1.29, 1.82) is 0 Å². The number of unbranched alkanes of at least 4 members (excludes halogenated alkanes) is 3. The van der Waals surface area contributed by atoms with Crippen LogP contribution in [-0.4, -0.2) is 34.0 Å². The minimum absolute atomic E-state index is 0.210. The second-order valence-corrected chi connectivity index (χ2v) is 3.19. The lowest BCUT2D eigenvalue weighted by Crippen LogP contribution is -2.03. The fourth-order valence-electron chi connectivity index (χ4n) is 1.11. The highest BCUT2D eigenvalue weighted by molar-refractivity contribution is 5.79. The van der Waals surface area contributed by atoms with Gasteiger partial charge in [0.15, 0.2) is 0 Å². The highest BCUT2D eigenvalue weighted by atomic mass is 16.4. The molecule has 0 aromatic heterocycles. The average Bonchev–Trinajstić information content (AvgIpc) is 2.14. The van der Waals surface area contributed by atoms with E-state index in [9.17, 15) is 9.90 Å². The molecule has 0 aliphatic carbocycles. The Morgan fingerprint density at radius 2 is 1.86 bits per heavy atom. The molecular weight excluding hydrogens is 184 g/mol. The van der Waals surface area contributed by atoms with Crippen molar-refractivity contribution < 1.29 is 20.1 Å². The van der Waals surface area contributed by atoms with Gasteiger partial charge in [-0.2, -0.15) is 0 Å². The molecule has 0 aromatic carbocycles. The van der Waals surface area contributed by atoms with Crippen LogP contribution in [0, 0.1) is 0 Å². The first-order valence-electron chi connectivity index (χ1n) is 4.87. The number of carbonyl (C=O) groups is 1. The van der Waals surface area contributed by atoms with Crippen LogP contribution in [0.5, 0.6) is 0 Å². The first-order chi connectivity index (χ1) is 6.66. The van der Waals surface area contributed by atoms with Crippen molar-refractivity contribution in [2.24, 2.45) is 0 Å². The second-order valence-electron chi connectivity index (χ2n) is 3.19. The monoisotopic (exact) mass is 202 g/mol. The van der Waals surface area contributed by atoms with Crippen LogP contribution in [0.1, 0.15) is 32.1 Å². The van der Waals surface area contributed by atoms with Gasteiger partial charge in [0.25, 0.3) is 0 Å². The summed E-state index contributed by atoms with van der Waals surface area (Å²) in [6.45, 7) is 0.210. The van der Waals surface area contributed by atoms with E-state index in [2.05, 4.69) is 0 Å². The van der Waals surface area contributed by atoms with Crippen LogP contribution in [0.2, 0.25) is 0 Å². The SMILES string of the molecule is O=C(O)/C=C/C(O)CCCCCCO. The van der Waals surface area contributed by atoms with Gasteiger partial charge in [-0.3, -0.25) is 0 Å². The minimum Gasteiger partial charge on any atom is -0.478 e. The molecule has 0 aliphatic rings. The number of aliphatic hydroxyl groups is 2. The Hall–Kier alpha value is -0.870. The Balaban J connectivity index is 3.35. The molecule has 14 heavy (non-hydrogen) atoms. The normalized spacial score (nSPS) is 13.3. The molecule has 0 heterocycles. The van der Waals surface area contributed by atoms with Gasteiger partial charge in [0.2, 0.25) is 0 Å². The largest absolute Gasteiger partial charge is 0.478 e. The van der Waals surface area contributed by atoms with Crippen molar-refractivity contribution in [1.82, 2.24) is 0 Å². The van der Waals surface area contributed by atoms with Crippen molar-refractivity contribution >= 4 is 5.97 Å². The van der Waals surface area contributed by atoms with Crippen LogP contribution >= 0.6 is 0 Å². The van der Waals surface area contributed by atoms with Crippen LogP contribution < -0.4 is 0 Å². The summed E-state index contributed by atoms with van der Waals surface area (Å²) in [4.78, 5) is 10.1. The van der Waals surface area contributed by atoms with E-state index in [-0.39, 0.29) is 6.61 Å². The molecule has 0 spiro atoms. The van der Waals surface area contributed by atoms with E-state index >= 15 is 0 Å². The second kappa shape index (κ2) is 8.72. The van der Waals surface area contributed by atoms with E-state index < -0.39 is 12.1 Å². The number of hydrogen-bond acceptors (Lipinski definition) is 3. The zero-order valence-electron chi connectivity index (χ0n) is 8.22. The van der Waals surface area contributed by atoms with Gasteiger partial charge < -0.3 is 15.3 Å². The number of carboxylic acid groups (broad SMARTS) is 1. The number of carboxylic acids is 1. The predicted molar refractivity (Wildman–Crippen MR) is 53.0 cm³/mol. The first-order valence-corrected chi connectivity index (χ1v) is 4.87. The summed E-state index contributed by atoms with van der Waals surface area (Å²) in [5.74, 6) is -1.04. The quantitative estimate of drug-likeness (QED) is 0.404. The zero-order chi connectivity index (χ0) is 10.8. The molecule has 0 rings (SSSR count). The lowest BCUT2D eigenvalue weighted by molar-refractivity contribution is -0.131. The molecule has 0 amide bonds. The standard InChI is InChI=1S/C10H18O4/c11-8-4-2-1-3-5-9(12)6-7-10(13)14/h6-7,9,11-12H,1-5,8H2,(H,13,14)/b7-6+. The Labute approximate surface area is 83.9 Å². The maximum atomic E-state index is 10.1. The number of rotatable bonds is 8. The molecule has 0 bridgehead atoms. The van der Waals surface area contributed by atoms with Gasteiger partial charge in [0, 0.05) is 12.7 Å². The Bertz CT molecular complexity index is 177. The molecule has 0 aromatic rings. The highest BCUT2D eigenvalue weighted by Crippen LogP contribution is 2.06. The van der Waals surface area contributed by atoms with E-state index in [1.807, 2.05) is 0 Å². The van der Waals surface area contributed by atoms with Gasteiger partial charge in [-0.05, 0) is 18.9 Å². The molecule has 4 heteroatoms.